The summed E-state index contributed by atoms with van der Waals surface area (Å²) in [4.78, 5) is 2.45. The highest BCUT2D eigenvalue weighted by atomic mass is 16.3. The van der Waals surface area contributed by atoms with Crippen LogP contribution in [0.15, 0.2) is 18.2 Å². The van der Waals surface area contributed by atoms with Gasteiger partial charge in [0.05, 0.1) is 0 Å². The molecule has 0 aliphatic carbocycles. The fraction of sp³-hybridized carbons (Fsp3) is 0.600. The van der Waals surface area contributed by atoms with E-state index in [-0.39, 0.29) is 0 Å². The van der Waals surface area contributed by atoms with E-state index >= 15 is 0 Å². The van der Waals surface area contributed by atoms with Crippen LogP contribution in [0.4, 0.5) is 0 Å². The zero-order valence-corrected chi connectivity index (χ0v) is 10.7. The quantitative estimate of drug-likeness (QED) is 0.802. The minimum absolute atomic E-state index is 0.351. The first-order valence-electron chi connectivity index (χ1n) is 6.65. The van der Waals surface area contributed by atoms with E-state index in [0.717, 1.165) is 31.5 Å². The predicted octanol–water partition coefficient (Wildman–Crippen LogP) is 2.36. The molecule has 2 heteroatoms. The molecule has 17 heavy (non-hydrogen) atoms. The number of aryl methyl sites for hydroxylation is 2. The molecule has 92 valence electrons. The van der Waals surface area contributed by atoms with Gasteiger partial charge in [-0.15, -0.1) is 0 Å². The highest BCUT2D eigenvalue weighted by molar-refractivity contribution is 5.35. The van der Waals surface area contributed by atoms with Gasteiger partial charge in [0, 0.05) is 12.6 Å². The van der Waals surface area contributed by atoms with E-state index in [4.69, 9.17) is 0 Å². The molecule has 2 saturated heterocycles. The number of nitrogens with zero attached hydrogens (tertiary/aromatic N) is 1. The standard InChI is InChI=1S/C15H21NO/c1-11-5-6-13(10-12(11)2)15(17)7-9-16-8-3-4-14(15)16/h5-6,10,14,17H,3-4,7-9H2,1-2H3. The lowest BCUT2D eigenvalue weighted by atomic mass is 9.84. The summed E-state index contributed by atoms with van der Waals surface area (Å²) in [6, 6.07) is 6.78. The summed E-state index contributed by atoms with van der Waals surface area (Å²) in [5.74, 6) is 0. The Hall–Kier alpha value is -0.860. The first kappa shape index (κ1) is 11.2. The van der Waals surface area contributed by atoms with Crippen molar-refractivity contribution in [2.24, 2.45) is 0 Å². The van der Waals surface area contributed by atoms with Crippen molar-refractivity contribution in [3.05, 3.63) is 34.9 Å². The van der Waals surface area contributed by atoms with Crippen LogP contribution < -0.4 is 0 Å². The molecule has 0 saturated carbocycles. The van der Waals surface area contributed by atoms with Gasteiger partial charge < -0.3 is 5.11 Å². The molecule has 3 rings (SSSR count). The van der Waals surface area contributed by atoms with E-state index in [9.17, 15) is 5.11 Å². The van der Waals surface area contributed by atoms with Gasteiger partial charge in [0.2, 0.25) is 0 Å². The van der Waals surface area contributed by atoms with Crippen molar-refractivity contribution in [2.45, 2.75) is 44.8 Å². The summed E-state index contributed by atoms with van der Waals surface area (Å²) in [5.41, 5.74) is 3.11. The van der Waals surface area contributed by atoms with Crippen LogP contribution in [-0.4, -0.2) is 29.1 Å². The Kier molecular flexibility index (Phi) is 2.53. The van der Waals surface area contributed by atoms with Crippen LogP contribution in [-0.2, 0) is 5.60 Å². The second-order valence-electron chi connectivity index (χ2n) is 5.67. The zero-order chi connectivity index (χ0) is 12.0. The molecule has 2 heterocycles. The van der Waals surface area contributed by atoms with Crippen LogP contribution in [0.1, 0.15) is 36.0 Å². The fourth-order valence-corrected chi connectivity index (χ4v) is 3.46. The number of hydrogen-bond donors (Lipinski definition) is 1. The molecule has 0 amide bonds. The van der Waals surface area contributed by atoms with Gasteiger partial charge in [-0.25, -0.2) is 0 Å². The van der Waals surface area contributed by atoms with E-state index in [1.165, 1.54) is 17.5 Å². The van der Waals surface area contributed by atoms with Gasteiger partial charge in [-0.05, 0) is 56.3 Å². The summed E-state index contributed by atoms with van der Waals surface area (Å²) >= 11 is 0. The normalized spacial score (nSPS) is 33.0. The van der Waals surface area contributed by atoms with Gasteiger partial charge in [0.15, 0.2) is 0 Å². The van der Waals surface area contributed by atoms with Crippen molar-refractivity contribution in [2.75, 3.05) is 13.1 Å². The van der Waals surface area contributed by atoms with Gasteiger partial charge in [-0.3, -0.25) is 4.90 Å². The Morgan fingerprint density at radius 2 is 2.06 bits per heavy atom. The monoisotopic (exact) mass is 231 g/mol. The highest BCUT2D eigenvalue weighted by Gasteiger charge is 2.48. The molecule has 2 aliphatic heterocycles. The molecule has 2 aliphatic rings. The molecule has 2 atom stereocenters. The lowest BCUT2D eigenvalue weighted by Crippen LogP contribution is -2.38. The van der Waals surface area contributed by atoms with E-state index < -0.39 is 5.60 Å². The number of hydrogen-bond acceptors (Lipinski definition) is 2. The molecule has 1 aromatic carbocycles. The third-order valence-corrected chi connectivity index (χ3v) is 4.70. The average molecular weight is 231 g/mol. The van der Waals surface area contributed by atoms with Crippen molar-refractivity contribution < 1.29 is 5.11 Å². The van der Waals surface area contributed by atoms with Crippen LogP contribution in [0, 0.1) is 13.8 Å². The topological polar surface area (TPSA) is 23.5 Å². The molecule has 2 nitrogen and oxygen atoms in total. The van der Waals surface area contributed by atoms with Gasteiger partial charge in [-0.1, -0.05) is 18.2 Å². The maximum Gasteiger partial charge on any atom is 0.106 e. The molecule has 0 spiro atoms. The van der Waals surface area contributed by atoms with E-state index in [0.29, 0.717) is 6.04 Å². The van der Waals surface area contributed by atoms with Gasteiger partial charge >= 0.3 is 0 Å². The molecular weight excluding hydrogens is 210 g/mol. The van der Waals surface area contributed by atoms with Gasteiger partial charge in [0.1, 0.15) is 5.60 Å². The third-order valence-electron chi connectivity index (χ3n) is 4.70. The average Bonchev–Trinajstić information content (AvgIpc) is 2.88. The van der Waals surface area contributed by atoms with Crippen LogP contribution in [0.5, 0.6) is 0 Å². The summed E-state index contributed by atoms with van der Waals surface area (Å²) in [6.45, 7) is 6.47. The molecule has 2 fully saturated rings. The molecule has 1 N–H and O–H groups in total. The summed E-state index contributed by atoms with van der Waals surface area (Å²) in [5, 5.41) is 11.0. The SMILES string of the molecule is Cc1ccc(C2(O)CCN3CCCC32)cc1C. The third kappa shape index (κ3) is 1.62. The Balaban J connectivity index is 1.99. The Bertz CT molecular complexity index is 443. The molecule has 0 bridgehead atoms. The summed E-state index contributed by atoms with van der Waals surface area (Å²) < 4.78 is 0. The van der Waals surface area contributed by atoms with Crippen molar-refractivity contribution >= 4 is 0 Å². The van der Waals surface area contributed by atoms with Crippen LogP contribution >= 0.6 is 0 Å². The highest BCUT2D eigenvalue weighted by Crippen LogP contribution is 2.43. The van der Waals surface area contributed by atoms with Crippen LogP contribution in [0.3, 0.4) is 0 Å². The molecule has 1 aromatic rings. The molecular formula is C15H21NO. The lowest BCUT2D eigenvalue weighted by molar-refractivity contribution is 0.00932. The number of aliphatic hydroxyl groups is 1. The lowest BCUT2D eigenvalue weighted by Gasteiger charge is -2.30. The van der Waals surface area contributed by atoms with Crippen molar-refractivity contribution in [3.63, 3.8) is 0 Å². The molecule has 0 aromatic heterocycles. The molecule has 0 radical (unpaired) electrons. The fourth-order valence-electron chi connectivity index (χ4n) is 3.46. The Morgan fingerprint density at radius 1 is 1.24 bits per heavy atom. The Labute approximate surface area is 103 Å². The first-order chi connectivity index (χ1) is 8.11. The zero-order valence-electron chi connectivity index (χ0n) is 10.7. The van der Waals surface area contributed by atoms with Gasteiger partial charge in [-0.2, -0.15) is 0 Å². The number of rotatable bonds is 1. The van der Waals surface area contributed by atoms with E-state index in [1.807, 2.05) is 0 Å². The second-order valence-corrected chi connectivity index (χ2v) is 5.67. The van der Waals surface area contributed by atoms with Crippen molar-refractivity contribution in [3.8, 4) is 0 Å². The Morgan fingerprint density at radius 3 is 2.82 bits per heavy atom. The van der Waals surface area contributed by atoms with Crippen molar-refractivity contribution in [1.82, 2.24) is 4.90 Å². The summed E-state index contributed by atoms with van der Waals surface area (Å²) in [6.07, 6.45) is 3.27. The van der Waals surface area contributed by atoms with Crippen molar-refractivity contribution in [1.29, 1.82) is 0 Å². The maximum absolute atomic E-state index is 11.0. The molecule has 2 unspecified atom stereocenters. The van der Waals surface area contributed by atoms with Crippen LogP contribution in [0.2, 0.25) is 0 Å². The minimum atomic E-state index is -0.602. The van der Waals surface area contributed by atoms with Gasteiger partial charge in [0.25, 0.3) is 0 Å². The number of fused-ring (bicyclic) bond motifs is 1. The van der Waals surface area contributed by atoms with Crippen LogP contribution in [0.25, 0.3) is 0 Å². The van der Waals surface area contributed by atoms with E-state index in [1.54, 1.807) is 0 Å². The summed E-state index contributed by atoms with van der Waals surface area (Å²) in [7, 11) is 0. The minimum Gasteiger partial charge on any atom is -0.383 e. The smallest absolute Gasteiger partial charge is 0.106 e. The largest absolute Gasteiger partial charge is 0.383 e. The van der Waals surface area contributed by atoms with E-state index in [2.05, 4.69) is 36.9 Å². The first-order valence-corrected chi connectivity index (χ1v) is 6.65. The number of benzene rings is 1. The second kappa shape index (κ2) is 3.82. The predicted molar refractivity (Wildman–Crippen MR) is 69.0 cm³/mol. The maximum atomic E-state index is 11.0.